The van der Waals surface area contributed by atoms with E-state index in [1.807, 2.05) is 0 Å². The average Bonchev–Trinajstić information content (AvgIpc) is 2.59. The van der Waals surface area contributed by atoms with Gasteiger partial charge in [-0.2, -0.15) is 11.8 Å². The largest absolute Gasteiger partial charge is 0.302 e. The predicted molar refractivity (Wildman–Crippen MR) is 73.3 cm³/mol. The molecule has 1 unspecified atom stereocenters. The summed E-state index contributed by atoms with van der Waals surface area (Å²) in [5, 5.41) is 0. The van der Waals surface area contributed by atoms with Gasteiger partial charge in [-0.1, -0.05) is 12.8 Å². The van der Waals surface area contributed by atoms with E-state index in [9.17, 15) is 0 Å². The fourth-order valence-electron chi connectivity index (χ4n) is 2.83. The maximum Gasteiger partial charge on any atom is 0.0195 e. The van der Waals surface area contributed by atoms with Gasteiger partial charge >= 0.3 is 0 Å². The Morgan fingerprint density at radius 2 is 1.56 bits per heavy atom. The van der Waals surface area contributed by atoms with Crippen LogP contribution in [0.15, 0.2) is 0 Å². The first-order chi connectivity index (χ1) is 7.86. The smallest absolute Gasteiger partial charge is 0.0195 e. The lowest BCUT2D eigenvalue weighted by Crippen LogP contribution is -2.46. The van der Waals surface area contributed by atoms with Gasteiger partial charge in [-0.3, -0.25) is 4.90 Å². The quantitative estimate of drug-likeness (QED) is 0.750. The van der Waals surface area contributed by atoms with E-state index in [0.29, 0.717) is 0 Å². The lowest BCUT2D eigenvalue weighted by molar-refractivity contribution is 0.161. The first-order valence-electron chi connectivity index (χ1n) is 6.90. The summed E-state index contributed by atoms with van der Waals surface area (Å²) in [4.78, 5) is 5.38. The van der Waals surface area contributed by atoms with Crippen LogP contribution in [-0.2, 0) is 0 Å². The highest BCUT2D eigenvalue weighted by Gasteiger charge is 2.19. The molecule has 2 saturated heterocycles. The number of rotatable bonds is 3. The molecule has 16 heavy (non-hydrogen) atoms. The van der Waals surface area contributed by atoms with Crippen molar-refractivity contribution in [3.8, 4) is 0 Å². The molecule has 2 aliphatic rings. The SMILES string of the molecule is CC(CN1CCCCCC1)N1CCSCC1. The highest BCUT2D eigenvalue weighted by Crippen LogP contribution is 2.15. The molecule has 0 aromatic carbocycles. The molecule has 0 bridgehead atoms. The molecule has 0 aromatic rings. The van der Waals surface area contributed by atoms with Crippen LogP contribution in [0.5, 0.6) is 0 Å². The van der Waals surface area contributed by atoms with Crippen molar-refractivity contribution in [1.29, 1.82) is 0 Å². The molecular formula is C13H26N2S. The van der Waals surface area contributed by atoms with Gasteiger partial charge in [0.25, 0.3) is 0 Å². The molecule has 0 N–H and O–H groups in total. The van der Waals surface area contributed by atoms with Gasteiger partial charge in [-0.25, -0.2) is 0 Å². The van der Waals surface area contributed by atoms with E-state index in [4.69, 9.17) is 0 Å². The normalized spacial score (nSPS) is 27.6. The minimum atomic E-state index is 0.763. The van der Waals surface area contributed by atoms with Crippen molar-refractivity contribution < 1.29 is 0 Å². The van der Waals surface area contributed by atoms with Crippen LogP contribution in [0.25, 0.3) is 0 Å². The van der Waals surface area contributed by atoms with E-state index in [-0.39, 0.29) is 0 Å². The zero-order chi connectivity index (χ0) is 11.2. The molecule has 2 nitrogen and oxygen atoms in total. The summed E-state index contributed by atoms with van der Waals surface area (Å²) in [5.41, 5.74) is 0. The molecule has 2 heterocycles. The van der Waals surface area contributed by atoms with E-state index in [2.05, 4.69) is 28.5 Å². The second-order valence-corrected chi connectivity index (χ2v) is 6.44. The molecule has 0 saturated carbocycles. The highest BCUT2D eigenvalue weighted by atomic mass is 32.2. The molecule has 0 aliphatic carbocycles. The topological polar surface area (TPSA) is 6.48 Å². The fraction of sp³-hybridized carbons (Fsp3) is 1.00. The Kier molecular flexibility index (Phi) is 5.46. The third-order valence-corrected chi connectivity index (χ3v) is 4.83. The van der Waals surface area contributed by atoms with E-state index in [0.717, 1.165) is 6.04 Å². The van der Waals surface area contributed by atoms with E-state index < -0.39 is 0 Å². The van der Waals surface area contributed by atoms with Crippen LogP contribution >= 0.6 is 11.8 Å². The van der Waals surface area contributed by atoms with Crippen molar-refractivity contribution in [2.45, 2.75) is 38.6 Å². The maximum absolute atomic E-state index is 2.69. The molecule has 0 spiro atoms. The van der Waals surface area contributed by atoms with Gasteiger partial charge in [-0.15, -0.1) is 0 Å². The zero-order valence-electron chi connectivity index (χ0n) is 10.7. The predicted octanol–water partition coefficient (Wildman–Crippen LogP) is 2.30. The maximum atomic E-state index is 2.69. The highest BCUT2D eigenvalue weighted by molar-refractivity contribution is 7.99. The van der Waals surface area contributed by atoms with Gasteiger partial charge < -0.3 is 4.90 Å². The molecule has 0 aromatic heterocycles. The number of likely N-dealkylation sites (tertiary alicyclic amines) is 1. The van der Waals surface area contributed by atoms with Crippen molar-refractivity contribution >= 4 is 11.8 Å². The molecular weight excluding hydrogens is 216 g/mol. The minimum absolute atomic E-state index is 0.763. The second kappa shape index (κ2) is 6.87. The molecule has 1 atom stereocenters. The first kappa shape index (κ1) is 12.7. The summed E-state index contributed by atoms with van der Waals surface area (Å²) in [6.07, 6.45) is 5.74. The second-order valence-electron chi connectivity index (χ2n) is 5.21. The third kappa shape index (κ3) is 3.94. The van der Waals surface area contributed by atoms with Gasteiger partial charge in [-0.05, 0) is 32.9 Å². The van der Waals surface area contributed by atoms with Crippen molar-refractivity contribution in [2.24, 2.45) is 0 Å². The van der Waals surface area contributed by atoms with Crippen LogP contribution < -0.4 is 0 Å². The molecule has 2 aliphatic heterocycles. The Balaban J connectivity index is 1.73. The summed E-state index contributed by atoms with van der Waals surface area (Å²) in [7, 11) is 0. The van der Waals surface area contributed by atoms with Gasteiger partial charge in [0.1, 0.15) is 0 Å². The average molecular weight is 242 g/mol. The molecule has 0 amide bonds. The van der Waals surface area contributed by atoms with E-state index >= 15 is 0 Å². The van der Waals surface area contributed by atoms with Crippen LogP contribution in [0.1, 0.15) is 32.6 Å². The number of hydrogen-bond acceptors (Lipinski definition) is 3. The monoisotopic (exact) mass is 242 g/mol. The minimum Gasteiger partial charge on any atom is -0.302 e. The Hall–Kier alpha value is 0.270. The number of thioether (sulfide) groups is 1. The molecule has 2 fully saturated rings. The summed E-state index contributed by atoms with van der Waals surface area (Å²) in [5.74, 6) is 2.68. The zero-order valence-corrected chi connectivity index (χ0v) is 11.5. The Labute approximate surface area is 105 Å². The van der Waals surface area contributed by atoms with E-state index in [1.165, 1.54) is 69.9 Å². The van der Waals surface area contributed by atoms with Crippen LogP contribution in [0.2, 0.25) is 0 Å². The van der Waals surface area contributed by atoms with Crippen molar-refractivity contribution in [3.63, 3.8) is 0 Å². The van der Waals surface area contributed by atoms with Crippen LogP contribution in [-0.4, -0.2) is 60.1 Å². The summed E-state index contributed by atoms with van der Waals surface area (Å²) in [6, 6.07) is 0.763. The number of hydrogen-bond donors (Lipinski definition) is 0. The Morgan fingerprint density at radius 1 is 0.938 bits per heavy atom. The van der Waals surface area contributed by atoms with Crippen molar-refractivity contribution in [3.05, 3.63) is 0 Å². The number of nitrogens with zero attached hydrogens (tertiary/aromatic N) is 2. The summed E-state index contributed by atoms with van der Waals surface area (Å²) in [6.45, 7) is 9.00. The van der Waals surface area contributed by atoms with Gasteiger partial charge in [0.15, 0.2) is 0 Å². The lowest BCUT2D eigenvalue weighted by Gasteiger charge is -2.35. The first-order valence-corrected chi connectivity index (χ1v) is 8.06. The van der Waals surface area contributed by atoms with Crippen molar-refractivity contribution in [2.75, 3.05) is 44.2 Å². The molecule has 0 radical (unpaired) electrons. The molecule has 3 heteroatoms. The van der Waals surface area contributed by atoms with Gasteiger partial charge in [0.2, 0.25) is 0 Å². The molecule has 2 rings (SSSR count). The van der Waals surface area contributed by atoms with Gasteiger partial charge in [0.05, 0.1) is 0 Å². The van der Waals surface area contributed by atoms with Crippen LogP contribution in [0, 0.1) is 0 Å². The molecule has 94 valence electrons. The Morgan fingerprint density at radius 3 is 2.19 bits per heavy atom. The van der Waals surface area contributed by atoms with Crippen LogP contribution in [0.4, 0.5) is 0 Å². The fourth-order valence-corrected chi connectivity index (χ4v) is 3.76. The Bertz CT molecular complexity index is 184. The summed E-state index contributed by atoms with van der Waals surface area (Å²) >= 11 is 2.11. The van der Waals surface area contributed by atoms with Crippen LogP contribution in [0.3, 0.4) is 0 Å². The standard InChI is InChI=1S/C13H26N2S/c1-13(15-8-10-16-11-9-15)12-14-6-4-2-3-5-7-14/h13H,2-12H2,1H3. The van der Waals surface area contributed by atoms with Gasteiger partial charge in [0, 0.05) is 37.2 Å². The summed E-state index contributed by atoms with van der Waals surface area (Å²) < 4.78 is 0. The van der Waals surface area contributed by atoms with E-state index in [1.54, 1.807) is 0 Å². The third-order valence-electron chi connectivity index (χ3n) is 3.89. The van der Waals surface area contributed by atoms with Crippen molar-refractivity contribution in [1.82, 2.24) is 9.80 Å². The lowest BCUT2D eigenvalue weighted by atomic mass is 10.2.